The van der Waals surface area contributed by atoms with Gasteiger partial charge in [0.2, 0.25) is 0 Å². The molecule has 8 nitrogen and oxygen atoms in total. The molecule has 1 aromatic carbocycles. The lowest BCUT2D eigenvalue weighted by Crippen LogP contribution is -2.32. The van der Waals surface area contributed by atoms with Crippen LogP contribution in [0, 0.1) is 0 Å². The van der Waals surface area contributed by atoms with Gasteiger partial charge in [0.15, 0.2) is 5.69 Å². The molecule has 0 spiro atoms. The van der Waals surface area contributed by atoms with E-state index in [-0.39, 0.29) is 31.0 Å². The molecule has 4 rings (SSSR count). The Balaban J connectivity index is 1.46. The zero-order valence-corrected chi connectivity index (χ0v) is 17.0. The van der Waals surface area contributed by atoms with E-state index in [1.54, 1.807) is 25.5 Å². The van der Waals surface area contributed by atoms with Crippen molar-refractivity contribution in [3.8, 4) is 0 Å². The molecular formula is C21H19F3N6O2. The average Bonchev–Trinajstić information content (AvgIpc) is 3.33. The van der Waals surface area contributed by atoms with Gasteiger partial charge in [0.25, 0.3) is 5.91 Å². The molecule has 3 heterocycles. The highest BCUT2D eigenvalue weighted by Gasteiger charge is 2.35. The van der Waals surface area contributed by atoms with Crippen molar-refractivity contribution in [3.63, 3.8) is 0 Å². The highest BCUT2D eigenvalue weighted by atomic mass is 19.4. The van der Waals surface area contributed by atoms with E-state index in [9.17, 15) is 22.8 Å². The fraction of sp³-hybridized carbons (Fsp3) is 0.238. The molecule has 2 N–H and O–H groups in total. The molecule has 1 aliphatic rings. The van der Waals surface area contributed by atoms with Crippen LogP contribution in [-0.4, -0.2) is 31.6 Å². The number of nitrogens with zero attached hydrogens (tertiary/aromatic N) is 4. The molecule has 0 atom stereocenters. The summed E-state index contributed by atoms with van der Waals surface area (Å²) >= 11 is 0. The van der Waals surface area contributed by atoms with Crippen molar-refractivity contribution in [3.05, 3.63) is 76.9 Å². The normalized spacial score (nSPS) is 13.1. The van der Waals surface area contributed by atoms with E-state index in [2.05, 4.69) is 20.7 Å². The van der Waals surface area contributed by atoms with Crippen LogP contribution in [0.4, 0.5) is 23.7 Å². The number of para-hydroxylation sites is 1. The predicted molar refractivity (Wildman–Crippen MR) is 108 cm³/mol. The summed E-state index contributed by atoms with van der Waals surface area (Å²) in [7, 11) is 1.65. The molecule has 11 heteroatoms. The number of carbonyl (C=O) groups is 2. The molecule has 3 amide bonds. The zero-order valence-electron chi connectivity index (χ0n) is 17.0. The number of carbonyl (C=O) groups excluding carboxylic acids is 2. The van der Waals surface area contributed by atoms with Crippen LogP contribution >= 0.6 is 0 Å². The SMILES string of the molecule is Cn1nc(C(=O)NCc2cccnc2)c2c1CN(C(=O)Nc1ccccc1C(F)(F)F)C2. The zero-order chi connectivity index (χ0) is 22.9. The number of benzene rings is 1. The summed E-state index contributed by atoms with van der Waals surface area (Å²) in [6, 6.07) is 7.66. The lowest BCUT2D eigenvalue weighted by atomic mass is 10.1. The van der Waals surface area contributed by atoms with Crippen LogP contribution in [0.15, 0.2) is 48.8 Å². The lowest BCUT2D eigenvalue weighted by Gasteiger charge is -2.19. The summed E-state index contributed by atoms with van der Waals surface area (Å²) < 4.78 is 41.1. The Kier molecular flexibility index (Phi) is 5.56. The minimum absolute atomic E-state index is 0.0544. The molecule has 1 aliphatic heterocycles. The van der Waals surface area contributed by atoms with Gasteiger partial charge < -0.3 is 15.5 Å². The van der Waals surface area contributed by atoms with Crippen LogP contribution in [0.3, 0.4) is 0 Å². The first-order valence-corrected chi connectivity index (χ1v) is 9.68. The van der Waals surface area contributed by atoms with Crippen molar-refractivity contribution in [1.82, 2.24) is 25.0 Å². The van der Waals surface area contributed by atoms with E-state index in [0.717, 1.165) is 11.6 Å². The maximum absolute atomic E-state index is 13.2. The standard InChI is InChI=1S/C21H19F3N6O2/c1-29-17-12-30(20(32)27-16-7-3-2-6-15(16)21(22,23)24)11-14(17)18(28-29)19(31)26-10-13-5-4-8-25-9-13/h2-9H,10-12H2,1H3,(H,26,31)(H,27,32). The molecule has 0 unspecified atom stereocenters. The summed E-state index contributed by atoms with van der Waals surface area (Å²) in [6.07, 6.45) is -1.33. The van der Waals surface area contributed by atoms with Crippen LogP contribution in [0.2, 0.25) is 0 Å². The Labute approximate surface area is 181 Å². The summed E-state index contributed by atoms with van der Waals surface area (Å²) in [5.74, 6) is -0.407. The number of amides is 3. The predicted octanol–water partition coefficient (Wildman–Crippen LogP) is 3.31. The number of halogens is 3. The van der Waals surface area contributed by atoms with Gasteiger partial charge in [-0.1, -0.05) is 18.2 Å². The monoisotopic (exact) mass is 444 g/mol. The van der Waals surface area contributed by atoms with Crippen molar-refractivity contribution >= 4 is 17.6 Å². The largest absolute Gasteiger partial charge is 0.418 e. The molecular weight excluding hydrogens is 425 g/mol. The number of aryl methyl sites for hydroxylation is 1. The molecule has 0 bridgehead atoms. The quantitative estimate of drug-likeness (QED) is 0.646. The number of anilines is 1. The number of rotatable bonds is 4. The molecule has 2 aromatic heterocycles. The van der Waals surface area contributed by atoms with Crippen LogP contribution in [-0.2, 0) is 32.9 Å². The number of nitrogens with one attached hydrogen (secondary N) is 2. The average molecular weight is 444 g/mol. The van der Waals surface area contributed by atoms with Gasteiger partial charge >= 0.3 is 12.2 Å². The van der Waals surface area contributed by atoms with Gasteiger partial charge in [-0.25, -0.2) is 4.79 Å². The van der Waals surface area contributed by atoms with E-state index >= 15 is 0 Å². The van der Waals surface area contributed by atoms with Gasteiger partial charge in [0, 0.05) is 31.5 Å². The number of hydrogen-bond donors (Lipinski definition) is 2. The summed E-state index contributed by atoms with van der Waals surface area (Å²) in [5.41, 5.74) is 0.956. The highest BCUT2D eigenvalue weighted by Crippen LogP contribution is 2.35. The number of pyridine rings is 1. The van der Waals surface area contributed by atoms with E-state index in [1.165, 1.54) is 27.8 Å². The van der Waals surface area contributed by atoms with Crippen molar-refractivity contribution in [2.75, 3.05) is 5.32 Å². The first-order chi connectivity index (χ1) is 15.2. The smallest absolute Gasteiger partial charge is 0.346 e. The van der Waals surface area contributed by atoms with Crippen LogP contribution in [0.25, 0.3) is 0 Å². The first kappa shape index (κ1) is 21.3. The summed E-state index contributed by atoms with van der Waals surface area (Å²) in [4.78, 5) is 30.7. The molecule has 0 saturated carbocycles. The lowest BCUT2D eigenvalue weighted by molar-refractivity contribution is -0.136. The number of aromatic nitrogens is 3. The molecule has 166 valence electrons. The summed E-state index contributed by atoms with van der Waals surface area (Å²) in [6.45, 7) is 0.435. The third kappa shape index (κ3) is 4.27. The highest BCUT2D eigenvalue weighted by molar-refractivity contribution is 5.95. The van der Waals surface area contributed by atoms with E-state index in [0.29, 0.717) is 11.3 Å². The van der Waals surface area contributed by atoms with E-state index < -0.39 is 23.7 Å². The Hall–Kier alpha value is -3.89. The Morgan fingerprint density at radius 3 is 2.62 bits per heavy atom. The Morgan fingerprint density at radius 1 is 1.12 bits per heavy atom. The van der Waals surface area contributed by atoms with Crippen molar-refractivity contribution < 1.29 is 22.8 Å². The Bertz CT molecular complexity index is 1160. The second kappa shape index (κ2) is 8.33. The van der Waals surface area contributed by atoms with Crippen LogP contribution in [0.1, 0.15) is 32.9 Å². The van der Waals surface area contributed by atoms with Gasteiger partial charge in [0.05, 0.1) is 30.0 Å². The second-order valence-corrected chi connectivity index (χ2v) is 7.27. The topological polar surface area (TPSA) is 92.2 Å². The molecule has 0 radical (unpaired) electrons. The van der Waals surface area contributed by atoms with Crippen molar-refractivity contribution in [2.24, 2.45) is 7.05 Å². The number of alkyl halides is 3. The van der Waals surface area contributed by atoms with Gasteiger partial charge in [-0.3, -0.25) is 14.5 Å². The van der Waals surface area contributed by atoms with Crippen molar-refractivity contribution in [1.29, 1.82) is 0 Å². The minimum Gasteiger partial charge on any atom is -0.346 e. The molecule has 32 heavy (non-hydrogen) atoms. The fourth-order valence-corrected chi connectivity index (χ4v) is 3.52. The molecule has 0 aliphatic carbocycles. The third-order valence-electron chi connectivity index (χ3n) is 5.12. The maximum atomic E-state index is 13.2. The first-order valence-electron chi connectivity index (χ1n) is 9.68. The van der Waals surface area contributed by atoms with E-state index in [4.69, 9.17) is 0 Å². The summed E-state index contributed by atoms with van der Waals surface area (Å²) in [5, 5.41) is 9.35. The third-order valence-corrected chi connectivity index (χ3v) is 5.12. The number of hydrogen-bond acceptors (Lipinski definition) is 4. The van der Waals surface area contributed by atoms with Crippen LogP contribution < -0.4 is 10.6 Å². The minimum atomic E-state index is -4.60. The van der Waals surface area contributed by atoms with E-state index in [1.807, 2.05) is 6.07 Å². The van der Waals surface area contributed by atoms with Gasteiger partial charge in [-0.05, 0) is 23.8 Å². The maximum Gasteiger partial charge on any atom is 0.418 e. The van der Waals surface area contributed by atoms with Gasteiger partial charge in [-0.2, -0.15) is 18.3 Å². The Morgan fingerprint density at radius 2 is 1.91 bits per heavy atom. The van der Waals surface area contributed by atoms with Crippen molar-refractivity contribution in [2.45, 2.75) is 25.8 Å². The molecule has 3 aromatic rings. The number of urea groups is 1. The number of fused-ring (bicyclic) bond motifs is 1. The molecule has 0 saturated heterocycles. The van der Waals surface area contributed by atoms with Gasteiger partial charge in [-0.15, -0.1) is 0 Å². The van der Waals surface area contributed by atoms with Gasteiger partial charge in [0.1, 0.15) is 0 Å². The fourth-order valence-electron chi connectivity index (χ4n) is 3.52. The molecule has 0 fully saturated rings. The van der Waals surface area contributed by atoms with Crippen LogP contribution in [0.5, 0.6) is 0 Å². The second-order valence-electron chi connectivity index (χ2n) is 7.27.